The minimum atomic E-state index is -1.13. The highest BCUT2D eigenvalue weighted by molar-refractivity contribution is 6.15. The molecule has 30 heavy (non-hydrogen) atoms. The van der Waals surface area contributed by atoms with Gasteiger partial charge in [0.2, 0.25) is 0 Å². The molecule has 0 saturated carbocycles. The van der Waals surface area contributed by atoms with Gasteiger partial charge in [0.25, 0.3) is 0 Å². The fourth-order valence-corrected chi connectivity index (χ4v) is 3.39. The van der Waals surface area contributed by atoms with Crippen LogP contribution in [0.2, 0.25) is 0 Å². The molecule has 0 radical (unpaired) electrons. The molecule has 0 atom stereocenters. The van der Waals surface area contributed by atoms with Gasteiger partial charge >= 0.3 is 5.97 Å². The molecule has 3 aromatic rings. The third-order valence-electron chi connectivity index (χ3n) is 4.89. The molecular formula is C25H25NO4. The Hall–Kier alpha value is -3.60. The van der Waals surface area contributed by atoms with Gasteiger partial charge in [0.1, 0.15) is 5.75 Å². The molecule has 0 heterocycles. The maximum Gasteiger partial charge on any atom is 0.336 e. The zero-order valence-corrected chi connectivity index (χ0v) is 17.4. The van der Waals surface area contributed by atoms with Crippen LogP contribution in [0.4, 0.5) is 11.4 Å². The zero-order valence-electron chi connectivity index (χ0n) is 17.4. The number of nitrogens with zero attached hydrogens (tertiary/aromatic N) is 1. The van der Waals surface area contributed by atoms with Gasteiger partial charge in [-0.2, -0.15) is 0 Å². The number of carbonyl (C=O) groups is 2. The van der Waals surface area contributed by atoms with Crippen LogP contribution in [0.5, 0.6) is 5.75 Å². The molecule has 0 bridgehead atoms. The monoisotopic (exact) mass is 403 g/mol. The van der Waals surface area contributed by atoms with Crippen LogP contribution in [0.15, 0.2) is 66.7 Å². The van der Waals surface area contributed by atoms with Gasteiger partial charge < -0.3 is 14.7 Å². The molecule has 0 unspecified atom stereocenters. The molecule has 0 aromatic heterocycles. The quantitative estimate of drug-likeness (QED) is 0.505. The number of benzene rings is 3. The number of hydrogen-bond donors (Lipinski definition) is 1. The third-order valence-corrected chi connectivity index (χ3v) is 4.89. The lowest BCUT2D eigenvalue weighted by Crippen LogP contribution is -2.17. The van der Waals surface area contributed by atoms with Crippen LogP contribution in [0.25, 0.3) is 0 Å². The van der Waals surface area contributed by atoms with Crippen molar-refractivity contribution in [1.29, 1.82) is 0 Å². The summed E-state index contributed by atoms with van der Waals surface area (Å²) in [5, 5.41) is 9.44. The van der Waals surface area contributed by atoms with Gasteiger partial charge in [-0.1, -0.05) is 35.9 Å². The summed E-state index contributed by atoms with van der Waals surface area (Å²) < 4.78 is 5.78. The summed E-state index contributed by atoms with van der Waals surface area (Å²) in [5.41, 5.74) is 3.58. The first-order valence-corrected chi connectivity index (χ1v) is 9.94. The van der Waals surface area contributed by atoms with Crippen LogP contribution >= 0.6 is 0 Å². The first-order valence-electron chi connectivity index (χ1n) is 9.94. The fraction of sp³-hybridized carbons (Fsp3) is 0.200. The molecule has 5 nitrogen and oxygen atoms in total. The predicted molar refractivity (Wildman–Crippen MR) is 118 cm³/mol. The molecule has 0 aliphatic heterocycles. The van der Waals surface area contributed by atoms with Crippen molar-refractivity contribution in [2.45, 2.75) is 20.8 Å². The Bertz CT molecular complexity index is 1060. The maximum absolute atomic E-state index is 13.2. The van der Waals surface area contributed by atoms with E-state index in [1.165, 1.54) is 17.7 Å². The first-order chi connectivity index (χ1) is 14.5. The molecule has 0 saturated heterocycles. The summed E-state index contributed by atoms with van der Waals surface area (Å²) >= 11 is 0. The van der Waals surface area contributed by atoms with Gasteiger partial charge in [0.05, 0.1) is 17.7 Å². The number of anilines is 2. The van der Waals surface area contributed by atoms with E-state index in [0.717, 1.165) is 17.9 Å². The molecule has 0 amide bonds. The number of ether oxygens (including phenoxy) is 1. The van der Waals surface area contributed by atoms with Crippen LogP contribution in [-0.4, -0.2) is 30.0 Å². The van der Waals surface area contributed by atoms with E-state index in [4.69, 9.17) is 4.74 Å². The maximum atomic E-state index is 13.2. The number of hydrogen-bond acceptors (Lipinski definition) is 4. The van der Waals surface area contributed by atoms with Crippen molar-refractivity contribution in [3.63, 3.8) is 0 Å². The van der Waals surface area contributed by atoms with E-state index in [1.807, 2.05) is 26.0 Å². The van der Waals surface area contributed by atoms with Gasteiger partial charge in [0, 0.05) is 29.5 Å². The summed E-state index contributed by atoms with van der Waals surface area (Å²) in [5.74, 6) is -1.07. The number of carboxylic acid groups (broad SMARTS) is 1. The van der Waals surface area contributed by atoms with Crippen molar-refractivity contribution in [1.82, 2.24) is 0 Å². The predicted octanol–water partition coefficient (Wildman–Crippen LogP) is 5.48. The highest BCUT2D eigenvalue weighted by Crippen LogP contribution is 2.32. The van der Waals surface area contributed by atoms with Crippen LogP contribution in [-0.2, 0) is 0 Å². The smallest absolute Gasteiger partial charge is 0.336 e. The summed E-state index contributed by atoms with van der Waals surface area (Å²) in [6.45, 7) is 7.08. The second-order valence-corrected chi connectivity index (χ2v) is 6.87. The van der Waals surface area contributed by atoms with Gasteiger partial charge in [-0.25, -0.2) is 4.79 Å². The molecule has 0 fully saturated rings. The highest BCUT2D eigenvalue weighted by Gasteiger charge is 2.21. The summed E-state index contributed by atoms with van der Waals surface area (Å²) in [6.07, 6.45) is 0. The van der Waals surface area contributed by atoms with Crippen molar-refractivity contribution in [2.75, 3.05) is 18.1 Å². The average Bonchev–Trinajstić information content (AvgIpc) is 2.75. The Morgan fingerprint density at radius 1 is 0.867 bits per heavy atom. The Kier molecular flexibility index (Phi) is 6.52. The van der Waals surface area contributed by atoms with E-state index in [0.29, 0.717) is 17.9 Å². The van der Waals surface area contributed by atoms with Crippen molar-refractivity contribution in [3.05, 3.63) is 89.0 Å². The zero-order chi connectivity index (χ0) is 21.7. The normalized spacial score (nSPS) is 10.5. The van der Waals surface area contributed by atoms with Crippen LogP contribution in [0, 0.1) is 6.92 Å². The number of aryl methyl sites for hydroxylation is 1. The number of carboxylic acids is 1. The summed E-state index contributed by atoms with van der Waals surface area (Å²) in [4.78, 5) is 26.8. The standard InChI is InChI=1S/C25H25NO4/c1-4-26(18-12-10-17(3)11-13-18)19-14-15-22(23(16-19)30-5-2)24(27)20-8-6-7-9-21(20)25(28)29/h6-16H,4-5H2,1-3H3,(H,28,29). The fourth-order valence-electron chi connectivity index (χ4n) is 3.39. The van der Waals surface area contributed by atoms with Gasteiger partial charge in [-0.15, -0.1) is 0 Å². The van der Waals surface area contributed by atoms with Crippen LogP contribution < -0.4 is 9.64 Å². The minimum Gasteiger partial charge on any atom is -0.493 e. The Morgan fingerprint density at radius 3 is 2.10 bits per heavy atom. The molecule has 5 heteroatoms. The van der Waals surface area contributed by atoms with Crippen LogP contribution in [0.1, 0.15) is 45.7 Å². The van der Waals surface area contributed by atoms with E-state index in [-0.39, 0.29) is 16.9 Å². The number of aromatic carboxylic acids is 1. The van der Waals surface area contributed by atoms with E-state index in [2.05, 4.69) is 36.1 Å². The number of ketones is 1. The van der Waals surface area contributed by atoms with Crippen molar-refractivity contribution in [3.8, 4) is 5.75 Å². The second kappa shape index (κ2) is 9.27. The van der Waals surface area contributed by atoms with Crippen LogP contribution in [0.3, 0.4) is 0 Å². The third kappa shape index (κ3) is 4.35. The molecule has 1 N–H and O–H groups in total. The van der Waals surface area contributed by atoms with Gasteiger partial charge in [-0.3, -0.25) is 4.79 Å². The average molecular weight is 403 g/mol. The largest absolute Gasteiger partial charge is 0.493 e. The van der Waals surface area contributed by atoms with E-state index < -0.39 is 5.97 Å². The van der Waals surface area contributed by atoms with E-state index in [9.17, 15) is 14.7 Å². The van der Waals surface area contributed by atoms with E-state index in [1.54, 1.807) is 18.2 Å². The van der Waals surface area contributed by atoms with Crippen molar-refractivity contribution < 1.29 is 19.4 Å². The Balaban J connectivity index is 2.04. The molecule has 3 aromatic carbocycles. The van der Waals surface area contributed by atoms with Gasteiger partial charge in [-0.05, 0) is 51.1 Å². The SMILES string of the molecule is CCOc1cc(N(CC)c2ccc(C)cc2)ccc1C(=O)c1ccccc1C(=O)O. The number of carbonyl (C=O) groups excluding carboxylic acids is 1. The first kappa shape index (κ1) is 21.1. The minimum absolute atomic E-state index is 0.0242. The molecule has 0 aliphatic rings. The molecule has 0 spiro atoms. The topological polar surface area (TPSA) is 66.8 Å². The van der Waals surface area contributed by atoms with Crippen molar-refractivity contribution in [2.24, 2.45) is 0 Å². The van der Waals surface area contributed by atoms with Crippen molar-refractivity contribution >= 4 is 23.1 Å². The summed E-state index contributed by atoms with van der Waals surface area (Å²) in [7, 11) is 0. The highest BCUT2D eigenvalue weighted by atomic mass is 16.5. The molecular weight excluding hydrogens is 378 g/mol. The number of rotatable bonds is 8. The van der Waals surface area contributed by atoms with E-state index >= 15 is 0 Å². The second-order valence-electron chi connectivity index (χ2n) is 6.87. The summed E-state index contributed by atoms with van der Waals surface area (Å²) in [6, 6.07) is 19.9. The lowest BCUT2D eigenvalue weighted by atomic mass is 9.97. The Morgan fingerprint density at radius 2 is 1.50 bits per heavy atom. The molecule has 0 aliphatic carbocycles. The lowest BCUT2D eigenvalue weighted by molar-refractivity contribution is 0.0692. The van der Waals surface area contributed by atoms with Gasteiger partial charge in [0.15, 0.2) is 5.78 Å². The Labute approximate surface area is 176 Å². The molecule has 3 rings (SSSR count). The lowest BCUT2D eigenvalue weighted by Gasteiger charge is -2.24. The molecule has 154 valence electrons.